The van der Waals surface area contributed by atoms with Crippen molar-refractivity contribution in [3.8, 4) is 5.75 Å². The van der Waals surface area contributed by atoms with Crippen molar-refractivity contribution in [2.45, 2.75) is 57.0 Å². The number of ether oxygens (including phenoxy) is 1. The summed E-state index contributed by atoms with van der Waals surface area (Å²) in [7, 11) is -2.15. The molecule has 1 atom stereocenters. The zero-order valence-corrected chi connectivity index (χ0v) is 18.7. The van der Waals surface area contributed by atoms with Gasteiger partial charge in [0.15, 0.2) is 0 Å². The van der Waals surface area contributed by atoms with E-state index in [-0.39, 0.29) is 25.0 Å². The van der Waals surface area contributed by atoms with Crippen molar-refractivity contribution in [2.75, 3.05) is 31.4 Å². The lowest BCUT2D eigenvalue weighted by Gasteiger charge is -2.47. The van der Waals surface area contributed by atoms with Crippen molar-refractivity contribution in [3.63, 3.8) is 0 Å². The van der Waals surface area contributed by atoms with Gasteiger partial charge in [-0.25, -0.2) is 8.42 Å². The van der Waals surface area contributed by atoms with Crippen molar-refractivity contribution in [2.24, 2.45) is 0 Å². The van der Waals surface area contributed by atoms with E-state index in [0.29, 0.717) is 11.4 Å². The van der Waals surface area contributed by atoms with Crippen molar-refractivity contribution in [1.82, 2.24) is 9.62 Å². The Morgan fingerprint density at radius 2 is 1.80 bits per heavy atom. The van der Waals surface area contributed by atoms with Gasteiger partial charge in [0, 0.05) is 12.6 Å². The van der Waals surface area contributed by atoms with Crippen LogP contribution in [-0.2, 0) is 19.6 Å². The number of carbonyl (C=O) groups is 2. The van der Waals surface area contributed by atoms with Crippen molar-refractivity contribution < 1.29 is 22.7 Å². The number of nitrogens with zero attached hydrogens (tertiary/aromatic N) is 2. The number of methoxy groups -OCH3 is 1. The first-order valence-corrected chi connectivity index (χ1v) is 12.2. The van der Waals surface area contributed by atoms with E-state index in [1.807, 2.05) is 0 Å². The fraction of sp³-hybridized carbons (Fsp3) is 0.619. The zero-order chi connectivity index (χ0) is 21.9. The molecule has 1 saturated carbocycles. The van der Waals surface area contributed by atoms with Crippen LogP contribution < -0.4 is 15.0 Å². The van der Waals surface area contributed by atoms with Gasteiger partial charge in [-0.05, 0) is 31.9 Å². The molecule has 1 aromatic carbocycles. The molecule has 0 bridgehead atoms. The number of nitrogens with one attached hydrogen (secondary N) is 1. The highest BCUT2D eigenvalue weighted by Crippen LogP contribution is 2.36. The number of amides is 2. The largest absolute Gasteiger partial charge is 0.495 e. The van der Waals surface area contributed by atoms with Crippen molar-refractivity contribution in [3.05, 3.63) is 24.3 Å². The number of rotatable bonds is 5. The molecule has 1 aromatic rings. The molecule has 1 unspecified atom stereocenters. The van der Waals surface area contributed by atoms with Gasteiger partial charge in [-0.2, -0.15) is 4.31 Å². The second-order valence-corrected chi connectivity index (χ2v) is 10.4. The second kappa shape index (κ2) is 8.93. The Kier molecular flexibility index (Phi) is 6.71. The Hall–Kier alpha value is -2.13. The standard InChI is InChI=1S/C21H31N3O5S/c1-21(20(26)22-16-10-6-4-5-7-11-16)15-23(30(3,27)28)14-19(25)24(21)17-12-8-9-13-18(17)29-2/h8-9,12-13,16H,4-7,10-11,14-15H2,1-3H3,(H,22,26). The zero-order valence-electron chi connectivity index (χ0n) is 17.9. The van der Waals surface area contributed by atoms with Gasteiger partial charge in [-0.1, -0.05) is 37.8 Å². The van der Waals surface area contributed by atoms with Crippen LogP contribution in [0.25, 0.3) is 0 Å². The third kappa shape index (κ3) is 4.62. The minimum absolute atomic E-state index is 0.0278. The van der Waals surface area contributed by atoms with E-state index >= 15 is 0 Å². The molecule has 3 rings (SSSR count). The number of carbonyl (C=O) groups excluding carboxylic acids is 2. The number of anilines is 1. The summed E-state index contributed by atoms with van der Waals surface area (Å²) in [6.07, 6.45) is 7.23. The Balaban J connectivity index is 2.00. The topological polar surface area (TPSA) is 96.0 Å². The van der Waals surface area contributed by atoms with Gasteiger partial charge in [0.1, 0.15) is 11.3 Å². The van der Waals surface area contributed by atoms with Gasteiger partial charge in [-0.15, -0.1) is 0 Å². The second-order valence-electron chi connectivity index (χ2n) is 8.37. The van der Waals surface area contributed by atoms with E-state index in [9.17, 15) is 18.0 Å². The summed E-state index contributed by atoms with van der Waals surface area (Å²) >= 11 is 0. The van der Waals surface area contributed by atoms with Gasteiger partial charge in [0.25, 0.3) is 0 Å². The Morgan fingerprint density at radius 1 is 1.17 bits per heavy atom. The first kappa shape index (κ1) is 22.6. The molecule has 8 nitrogen and oxygen atoms in total. The molecule has 0 aromatic heterocycles. The quantitative estimate of drug-likeness (QED) is 0.710. The normalized spacial score (nSPS) is 24.4. The molecule has 2 fully saturated rings. The number of hydrogen-bond acceptors (Lipinski definition) is 5. The molecule has 9 heteroatoms. The maximum absolute atomic E-state index is 13.5. The molecule has 1 N–H and O–H groups in total. The van der Waals surface area contributed by atoms with Crippen LogP contribution in [0.2, 0.25) is 0 Å². The van der Waals surface area contributed by atoms with E-state index in [4.69, 9.17) is 4.74 Å². The maximum Gasteiger partial charge on any atom is 0.247 e. The summed E-state index contributed by atoms with van der Waals surface area (Å²) < 4.78 is 31.0. The predicted octanol–water partition coefficient (Wildman–Crippen LogP) is 1.90. The minimum atomic E-state index is -3.65. The fourth-order valence-electron chi connectivity index (χ4n) is 4.35. The number of benzene rings is 1. The lowest BCUT2D eigenvalue weighted by atomic mass is 9.93. The smallest absolute Gasteiger partial charge is 0.247 e. The van der Waals surface area contributed by atoms with Crippen LogP contribution in [0.4, 0.5) is 5.69 Å². The molecule has 2 amide bonds. The third-order valence-electron chi connectivity index (χ3n) is 6.01. The Labute approximate surface area is 178 Å². The van der Waals surface area contributed by atoms with Crippen LogP contribution in [0.3, 0.4) is 0 Å². The van der Waals surface area contributed by atoms with E-state index in [1.165, 1.54) is 12.0 Å². The highest BCUT2D eigenvalue weighted by atomic mass is 32.2. The van der Waals surface area contributed by atoms with Crippen LogP contribution in [0, 0.1) is 0 Å². The predicted molar refractivity (Wildman–Crippen MR) is 115 cm³/mol. The van der Waals surface area contributed by atoms with Gasteiger partial charge in [-0.3, -0.25) is 14.5 Å². The van der Waals surface area contributed by atoms with Gasteiger partial charge >= 0.3 is 0 Å². The number of para-hydroxylation sites is 2. The van der Waals surface area contributed by atoms with E-state index in [1.54, 1.807) is 31.2 Å². The SMILES string of the molecule is COc1ccccc1N1C(=O)CN(S(C)(=O)=O)CC1(C)C(=O)NC1CCCCCC1. The van der Waals surface area contributed by atoms with Crippen LogP contribution in [0.1, 0.15) is 45.4 Å². The molecule has 0 radical (unpaired) electrons. The summed E-state index contributed by atoms with van der Waals surface area (Å²) in [6, 6.07) is 7.00. The average Bonchev–Trinajstić information content (AvgIpc) is 2.95. The van der Waals surface area contributed by atoms with Crippen LogP contribution in [0.15, 0.2) is 24.3 Å². The van der Waals surface area contributed by atoms with Gasteiger partial charge in [0.05, 0.1) is 25.6 Å². The molecule has 2 aliphatic rings. The molecule has 1 saturated heterocycles. The highest BCUT2D eigenvalue weighted by Gasteiger charge is 2.51. The molecule has 0 spiro atoms. The number of hydrogen-bond donors (Lipinski definition) is 1. The van der Waals surface area contributed by atoms with Crippen molar-refractivity contribution >= 4 is 27.5 Å². The summed E-state index contributed by atoms with van der Waals surface area (Å²) in [5.41, 5.74) is -0.948. The lowest BCUT2D eigenvalue weighted by Crippen LogP contribution is -2.70. The molecule has 1 aliphatic carbocycles. The van der Waals surface area contributed by atoms with E-state index in [2.05, 4.69) is 5.32 Å². The summed E-state index contributed by atoms with van der Waals surface area (Å²) in [6.45, 7) is 1.19. The first-order chi connectivity index (χ1) is 14.2. The molecule has 1 aliphatic heterocycles. The minimum Gasteiger partial charge on any atom is -0.495 e. The van der Waals surface area contributed by atoms with Gasteiger partial charge in [0.2, 0.25) is 21.8 Å². The molecule has 1 heterocycles. The van der Waals surface area contributed by atoms with Crippen LogP contribution in [-0.4, -0.2) is 62.6 Å². The Morgan fingerprint density at radius 3 is 2.40 bits per heavy atom. The van der Waals surface area contributed by atoms with Crippen LogP contribution in [0.5, 0.6) is 5.75 Å². The molecular formula is C21H31N3O5S. The average molecular weight is 438 g/mol. The summed E-state index contributed by atoms with van der Waals surface area (Å²) in [5.74, 6) is -0.358. The third-order valence-corrected chi connectivity index (χ3v) is 7.21. The summed E-state index contributed by atoms with van der Waals surface area (Å²) in [4.78, 5) is 28.1. The van der Waals surface area contributed by atoms with E-state index in [0.717, 1.165) is 49.1 Å². The van der Waals surface area contributed by atoms with Crippen molar-refractivity contribution in [1.29, 1.82) is 0 Å². The maximum atomic E-state index is 13.5. The highest BCUT2D eigenvalue weighted by molar-refractivity contribution is 7.88. The summed E-state index contributed by atoms with van der Waals surface area (Å²) in [5, 5.41) is 3.10. The lowest BCUT2D eigenvalue weighted by molar-refractivity contribution is -0.133. The number of sulfonamides is 1. The first-order valence-electron chi connectivity index (χ1n) is 10.4. The monoisotopic (exact) mass is 437 g/mol. The van der Waals surface area contributed by atoms with Crippen LogP contribution >= 0.6 is 0 Å². The molecule has 166 valence electrons. The fourth-order valence-corrected chi connectivity index (χ4v) is 5.18. The molecular weight excluding hydrogens is 406 g/mol. The van der Waals surface area contributed by atoms with Gasteiger partial charge < -0.3 is 10.1 Å². The number of piperazine rings is 1. The van der Waals surface area contributed by atoms with E-state index < -0.39 is 21.5 Å². The molecule has 30 heavy (non-hydrogen) atoms. The Bertz CT molecular complexity index is 896.